The molecular weight excluding hydrogens is 282 g/mol. The van der Waals surface area contributed by atoms with Crippen molar-refractivity contribution in [2.75, 3.05) is 11.9 Å². The number of nitrogens with zero attached hydrogens (tertiary/aromatic N) is 4. The van der Waals surface area contributed by atoms with Gasteiger partial charge in [-0.25, -0.2) is 0 Å². The summed E-state index contributed by atoms with van der Waals surface area (Å²) in [7, 11) is 0. The summed E-state index contributed by atoms with van der Waals surface area (Å²) in [4.78, 5) is 13.5. The van der Waals surface area contributed by atoms with E-state index in [0.29, 0.717) is 24.5 Å². The molecule has 1 amide bonds. The normalized spacial score (nSPS) is 10.2. The number of rotatable bonds is 8. The molecule has 7 nitrogen and oxygen atoms in total. The molecule has 1 aromatic carbocycles. The Morgan fingerprint density at radius 3 is 3.14 bits per heavy atom. The van der Waals surface area contributed by atoms with Crippen molar-refractivity contribution in [3.63, 3.8) is 0 Å². The number of aromatic nitrogens is 4. The molecule has 0 aliphatic rings. The monoisotopic (exact) mass is 301 g/mol. The summed E-state index contributed by atoms with van der Waals surface area (Å²) >= 11 is 0. The summed E-state index contributed by atoms with van der Waals surface area (Å²) in [5.74, 6) is 0.521. The highest BCUT2D eigenvalue weighted by Crippen LogP contribution is 2.14. The second-order valence-electron chi connectivity index (χ2n) is 4.64. The van der Waals surface area contributed by atoms with E-state index in [1.807, 2.05) is 6.07 Å². The Balaban J connectivity index is 1.99. The Kier molecular flexibility index (Phi) is 5.65. The van der Waals surface area contributed by atoms with Crippen LogP contribution in [0, 0.1) is 0 Å². The SMILES string of the molecule is C=CCn1nnc(NC(=O)c2cccc(OCCCC)c2)n1. The van der Waals surface area contributed by atoms with Gasteiger partial charge in [-0.2, -0.15) is 4.80 Å². The molecule has 2 rings (SSSR count). The number of tetrazole rings is 1. The van der Waals surface area contributed by atoms with E-state index in [1.165, 1.54) is 4.80 Å². The fraction of sp³-hybridized carbons (Fsp3) is 0.333. The number of anilines is 1. The van der Waals surface area contributed by atoms with Gasteiger partial charge in [-0.1, -0.05) is 30.6 Å². The average molecular weight is 301 g/mol. The van der Waals surface area contributed by atoms with Crippen molar-refractivity contribution in [3.8, 4) is 5.75 Å². The van der Waals surface area contributed by atoms with Crippen molar-refractivity contribution < 1.29 is 9.53 Å². The van der Waals surface area contributed by atoms with Crippen LogP contribution in [0.4, 0.5) is 5.95 Å². The third-order valence-electron chi connectivity index (χ3n) is 2.83. The van der Waals surface area contributed by atoms with E-state index < -0.39 is 0 Å². The third-order valence-corrected chi connectivity index (χ3v) is 2.83. The van der Waals surface area contributed by atoms with Gasteiger partial charge < -0.3 is 4.74 Å². The van der Waals surface area contributed by atoms with E-state index in [1.54, 1.807) is 24.3 Å². The summed E-state index contributed by atoms with van der Waals surface area (Å²) in [5, 5.41) is 14.1. The lowest BCUT2D eigenvalue weighted by molar-refractivity contribution is 0.102. The van der Waals surface area contributed by atoms with Crippen LogP contribution in [-0.2, 0) is 6.54 Å². The lowest BCUT2D eigenvalue weighted by Gasteiger charge is -2.07. The van der Waals surface area contributed by atoms with E-state index in [-0.39, 0.29) is 11.9 Å². The Morgan fingerprint density at radius 2 is 2.36 bits per heavy atom. The van der Waals surface area contributed by atoms with Crippen LogP contribution in [0.15, 0.2) is 36.9 Å². The zero-order valence-electron chi connectivity index (χ0n) is 12.5. The average Bonchev–Trinajstić information content (AvgIpc) is 2.95. The highest BCUT2D eigenvalue weighted by atomic mass is 16.5. The summed E-state index contributed by atoms with van der Waals surface area (Å²) in [5.41, 5.74) is 0.481. The zero-order valence-corrected chi connectivity index (χ0v) is 12.5. The molecule has 0 bridgehead atoms. The second-order valence-corrected chi connectivity index (χ2v) is 4.64. The first-order chi connectivity index (χ1) is 10.7. The molecule has 1 N–H and O–H groups in total. The lowest BCUT2D eigenvalue weighted by Crippen LogP contribution is -2.13. The number of carbonyl (C=O) groups excluding carboxylic acids is 1. The maximum Gasteiger partial charge on any atom is 0.270 e. The summed E-state index contributed by atoms with van der Waals surface area (Å²) in [6.07, 6.45) is 3.68. The van der Waals surface area contributed by atoms with Crippen LogP contribution >= 0.6 is 0 Å². The molecule has 116 valence electrons. The number of hydrogen-bond donors (Lipinski definition) is 1. The molecule has 0 aliphatic heterocycles. The molecule has 7 heteroatoms. The van der Waals surface area contributed by atoms with Crippen LogP contribution in [0.2, 0.25) is 0 Å². The van der Waals surface area contributed by atoms with Crippen molar-refractivity contribution in [2.24, 2.45) is 0 Å². The molecule has 0 saturated heterocycles. The second kappa shape index (κ2) is 7.92. The highest BCUT2D eigenvalue weighted by Gasteiger charge is 2.10. The van der Waals surface area contributed by atoms with Gasteiger partial charge in [0.2, 0.25) is 0 Å². The van der Waals surface area contributed by atoms with Crippen LogP contribution in [0.5, 0.6) is 5.75 Å². The fourth-order valence-corrected chi connectivity index (χ4v) is 1.72. The molecular formula is C15H19N5O2. The van der Waals surface area contributed by atoms with Crippen LogP contribution < -0.4 is 10.1 Å². The highest BCUT2D eigenvalue weighted by molar-refractivity contribution is 6.03. The minimum Gasteiger partial charge on any atom is -0.494 e. The number of benzene rings is 1. The Morgan fingerprint density at radius 1 is 1.50 bits per heavy atom. The molecule has 0 atom stereocenters. The number of nitrogens with one attached hydrogen (secondary N) is 1. The first kappa shape index (κ1) is 15.7. The van der Waals surface area contributed by atoms with Crippen LogP contribution in [0.1, 0.15) is 30.1 Å². The van der Waals surface area contributed by atoms with E-state index in [0.717, 1.165) is 12.8 Å². The van der Waals surface area contributed by atoms with E-state index in [2.05, 4.69) is 34.2 Å². The smallest absolute Gasteiger partial charge is 0.270 e. The van der Waals surface area contributed by atoms with Crippen molar-refractivity contribution >= 4 is 11.9 Å². The minimum atomic E-state index is -0.306. The van der Waals surface area contributed by atoms with Gasteiger partial charge in [-0.15, -0.1) is 11.7 Å². The fourth-order valence-electron chi connectivity index (χ4n) is 1.72. The van der Waals surface area contributed by atoms with E-state index in [4.69, 9.17) is 4.74 Å². The number of ether oxygens (including phenoxy) is 1. The molecule has 0 fully saturated rings. The standard InChI is InChI=1S/C15H19N5O2/c1-3-5-10-22-13-8-6-7-12(11-13)14(21)16-15-17-19-20(18-15)9-4-2/h4,6-8,11H,2-3,5,9-10H2,1H3,(H,16,18,21). The van der Waals surface area contributed by atoms with Crippen molar-refractivity contribution in [1.29, 1.82) is 0 Å². The maximum atomic E-state index is 12.2. The van der Waals surface area contributed by atoms with Gasteiger partial charge in [0.15, 0.2) is 0 Å². The molecule has 0 saturated carbocycles. The summed E-state index contributed by atoms with van der Waals surface area (Å²) in [6.45, 7) is 6.75. The van der Waals surface area contributed by atoms with E-state index in [9.17, 15) is 4.79 Å². The molecule has 2 aromatic rings. The van der Waals surface area contributed by atoms with Gasteiger partial charge in [0.1, 0.15) is 5.75 Å². The van der Waals surface area contributed by atoms with Crippen LogP contribution in [-0.4, -0.2) is 32.7 Å². The minimum absolute atomic E-state index is 0.157. The summed E-state index contributed by atoms with van der Waals surface area (Å²) in [6, 6.07) is 7.00. The van der Waals surface area contributed by atoms with Gasteiger partial charge >= 0.3 is 0 Å². The molecule has 0 spiro atoms. The van der Waals surface area contributed by atoms with Crippen LogP contribution in [0.25, 0.3) is 0 Å². The van der Waals surface area contributed by atoms with Gasteiger partial charge in [0.05, 0.1) is 13.2 Å². The predicted octanol–water partition coefficient (Wildman–Crippen LogP) is 2.29. The topological polar surface area (TPSA) is 81.9 Å². The Hall–Kier alpha value is -2.70. The largest absolute Gasteiger partial charge is 0.494 e. The first-order valence-corrected chi connectivity index (χ1v) is 7.16. The first-order valence-electron chi connectivity index (χ1n) is 7.16. The Bertz CT molecular complexity index is 638. The number of unbranched alkanes of at least 4 members (excludes halogenated alkanes) is 1. The number of allylic oxidation sites excluding steroid dienone is 1. The molecule has 0 unspecified atom stereocenters. The summed E-state index contributed by atoms with van der Waals surface area (Å²) < 4.78 is 5.58. The van der Waals surface area contributed by atoms with E-state index >= 15 is 0 Å². The number of hydrogen-bond acceptors (Lipinski definition) is 5. The van der Waals surface area contributed by atoms with Gasteiger partial charge in [0, 0.05) is 5.56 Å². The molecule has 1 heterocycles. The lowest BCUT2D eigenvalue weighted by atomic mass is 10.2. The quantitative estimate of drug-likeness (QED) is 0.597. The molecule has 0 aliphatic carbocycles. The molecule has 22 heavy (non-hydrogen) atoms. The van der Waals surface area contributed by atoms with Gasteiger partial charge in [-0.05, 0) is 29.8 Å². The Labute approximate surface area is 129 Å². The molecule has 1 aromatic heterocycles. The van der Waals surface area contributed by atoms with Crippen molar-refractivity contribution in [1.82, 2.24) is 20.2 Å². The predicted molar refractivity (Wildman–Crippen MR) is 82.8 cm³/mol. The number of amides is 1. The third kappa shape index (κ3) is 4.41. The van der Waals surface area contributed by atoms with Crippen molar-refractivity contribution in [3.05, 3.63) is 42.5 Å². The maximum absolute atomic E-state index is 12.2. The zero-order chi connectivity index (χ0) is 15.8. The van der Waals surface area contributed by atoms with Gasteiger partial charge in [-0.3, -0.25) is 10.1 Å². The van der Waals surface area contributed by atoms with Crippen molar-refractivity contribution in [2.45, 2.75) is 26.3 Å². The van der Waals surface area contributed by atoms with Gasteiger partial charge in [0.25, 0.3) is 11.9 Å². The number of carbonyl (C=O) groups is 1. The van der Waals surface area contributed by atoms with Crippen LogP contribution in [0.3, 0.4) is 0 Å². The molecule has 0 radical (unpaired) electrons.